The lowest BCUT2D eigenvalue weighted by molar-refractivity contribution is -0.116. The van der Waals surface area contributed by atoms with Gasteiger partial charge in [0.1, 0.15) is 0 Å². The Morgan fingerprint density at radius 3 is 2.55 bits per heavy atom. The zero-order valence-corrected chi connectivity index (χ0v) is 20.5. The molecule has 184 valence electrons. The van der Waals surface area contributed by atoms with Gasteiger partial charge in [0, 0.05) is 50.5 Å². The van der Waals surface area contributed by atoms with E-state index in [2.05, 4.69) is 34.3 Å². The van der Waals surface area contributed by atoms with Crippen molar-refractivity contribution in [2.75, 3.05) is 62.7 Å². The average Bonchev–Trinajstić information content (AvgIpc) is 2.83. The van der Waals surface area contributed by atoms with Crippen LogP contribution in [0.1, 0.15) is 69.2 Å². The summed E-state index contributed by atoms with van der Waals surface area (Å²) in [5.74, 6) is 0.674. The van der Waals surface area contributed by atoms with Crippen molar-refractivity contribution in [2.24, 2.45) is 5.92 Å². The van der Waals surface area contributed by atoms with Gasteiger partial charge in [0.25, 0.3) is 5.91 Å². The number of rotatable bonds is 11. The van der Waals surface area contributed by atoms with E-state index in [0.717, 1.165) is 96.1 Å². The van der Waals surface area contributed by atoms with E-state index in [1.165, 1.54) is 0 Å². The van der Waals surface area contributed by atoms with Crippen molar-refractivity contribution in [2.45, 2.75) is 58.8 Å². The van der Waals surface area contributed by atoms with Crippen LogP contribution in [0.25, 0.3) is 0 Å². The molecular weight excluding hydrogens is 416 g/mol. The standard InChI is InChI=1S/C26H42N4O3/c1-3-4-5-7-25(31)28-22-8-9-24(30-14-10-21(2)11-15-30)23(20-22)26(32)27-12-6-13-29-16-18-33-19-17-29/h8-9,20-21H,3-7,10-19H2,1-2H3,(H,27,32)(H,28,31). The molecule has 0 aliphatic carbocycles. The van der Waals surface area contributed by atoms with Crippen LogP contribution in [0.15, 0.2) is 18.2 Å². The van der Waals surface area contributed by atoms with Gasteiger partial charge in [0.15, 0.2) is 0 Å². The van der Waals surface area contributed by atoms with Crippen LogP contribution in [0.3, 0.4) is 0 Å². The zero-order chi connectivity index (χ0) is 23.5. The molecule has 3 rings (SSSR count). The molecule has 7 heteroatoms. The molecule has 33 heavy (non-hydrogen) atoms. The number of nitrogens with one attached hydrogen (secondary N) is 2. The van der Waals surface area contributed by atoms with Crippen molar-refractivity contribution in [3.63, 3.8) is 0 Å². The fraction of sp³-hybridized carbons (Fsp3) is 0.692. The first-order valence-electron chi connectivity index (χ1n) is 12.8. The second-order valence-electron chi connectivity index (χ2n) is 9.47. The van der Waals surface area contributed by atoms with Crippen LogP contribution < -0.4 is 15.5 Å². The second-order valence-corrected chi connectivity index (χ2v) is 9.47. The molecular formula is C26H42N4O3. The molecule has 1 aromatic rings. The van der Waals surface area contributed by atoms with E-state index < -0.39 is 0 Å². The second kappa shape index (κ2) is 13.6. The summed E-state index contributed by atoms with van der Waals surface area (Å²) >= 11 is 0. The number of piperidine rings is 1. The molecule has 1 aromatic carbocycles. The van der Waals surface area contributed by atoms with Crippen molar-refractivity contribution in [3.8, 4) is 0 Å². The Morgan fingerprint density at radius 2 is 1.82 bits per heavy atom. The highest BCUT2D eigenvalue weighted by molar-refractivity contribution is 6.02. The zero-order valence-electron chi connectivity index (χ0n) is 20.5. The van der Waals surface area contributed by atoms with Crippen LogP contribution in [-0.2, 0) is 9.53 Å². The summed E-state index contributed by atoms with van der Waals surface area (Å²) in [6, 6.07) is 5.78. The van der Waals surface area contributed by atoms with Crippen LogP contribution in [0.4, 0.5) is 11.4 Å². The summed E-state index contributed by atoms with van der Waals surface area (Å²) < 4.78 is 5.40. The minimum absolute atomic E-state index is 0.0138. The topological polar surface area (TPSA) is 73.9 Å². The number of carbonyl (C=O) groups excluding carboxylic acids is 2. The Kier molecular flexibility index (Phi) is 10.5. The predicted octanol–water partition coefficient (Wildman–Crippen LogP) is 3.89. The highest BCUT2D eigenvalue weighted by Crippen LogP contribution is 2.29. The maximum absolute atomic E-state index is 13.2. The number of unbranched alkanes of at least 4 members (excludes halogenated alkanes) is 2. The largest absolute Gasteiger partial charge is 0.379 e. The van der Waals surface area contributed by atoms with E-state index in [1.807, 2.05) is 18.2 Å². The van der Waals surface area contributed by atoms with E-state index in [-0.39, 0.29) is 11.8 Å². The lowest BCUT2D eigenvalue weighted by Crippen LogP contribution is -2.38. The van der Waals surface area contributed by atoms with E-state index in [4.69, 9.17) is 4.74 Å². The van der Waals surface area contributed by atoms with Crippen LogP contribution in [-0.4, -0.2) is 69.2 Å². The van der Waals surface area contributed by atoms with Crippen LogP contribution >= 0.6 is 0 Å². The SMILES string of the molecule is CCCCCC(=O)Nc1ccc(N2CCC(C)CC2)c(C(=O)NCCCN2CCOCC2)c1. The molecule has 2 N–H and O–H groups in total. The predicted molar refractivity (Wildman–Crippen MR) is 134 cm³/mol. The van der Waals surface area contributed by atoms with Gasteiger partial charge < -0.3 is 20.3 Å². The van der Waals surface area contributed by atoms with Crippen LogP contribution in [0.2, 0.25) is 0 Å². The Morgan fingerprint density at radius 1 is 1.06 bits per heavy atom. The lowest BCUT2D eigenvalue weighted by Gasteiger charge is -2.33. The molecule has 2 aliphatic rings. The normalized spacial score (nSPS) is 17.7. The number of ether oxygens (including phenoxy) is 1. The Labute approximate surface area is 199 Å². The monoisotopic (exact) mass is 458 g/mol. The molecule has 0 aromatic heterocycles. The van der Waals surface area contributed by atoms with Gasteiger partial charge in [-0.05, 0) is 56.3 Å². The van der Waals surface area contributed by atoms with Crippen LogP contribution in [0.5, 0.6) is 0 Å². The molecule has 2 heterocycles. The van der Waals surface area contributed by atoms with Gasteiger partial charge in [-0.3, -0.25) is 14.5 Å². The third kappa shape index (κ3) is 8.31. The minimum atomic E-state index is -0.0623. The fourth-order valence-corrected chi connectivity index (χ4v) is 4.50. The molecule has 0 unspecified atom stereocenters. The van der Waals surface area contributed by atoms with Gasteiger partial charge in [-0.1, -0.05) is 26.7 Å². The maximum Gasteiger partial charge on any atom is 0.253 e. The molecule has 2 saturated heterocycles. The summed E-state index contributed by atoms with van der Waals surface area (Å²) in [6.45, 7) is 11.5. The summed E-state index contributed by atoms with van der Waals surface area (Å²) in [5, 5.41) is 6.10. The number of benzene rings is 1. The van der Waals surface area contributed by atoms with Gasteiger partial charge in [-0.15, -0.1) is 0 Å². The van der Waals surface area contributed by atoms with Crippen molar-refractivity contribution in [1.29, 1.82) is 0 Å². The number of morpholine rings is 1. The first-order chi connectivity index (χ1) is 16.1. The highest BCUT2D eigenvalue weighted by Gasteiger charge is 2.22. The van der Waals surface area contributed by atoms with Crippen molar-refractivity contribution in [3.05, 3.63) is 23.8 Å². The van der Waals surface area contributed by atoms with E-state index in [1.54, 1.807) is 0 Å². The van der Waals surface area contributed by atoms with E-state index in [9.17, 15) is 9.59 Å². The summed E-state index contributed by atoms with van der Waals surface area (Å²) in [5.41, 5.74) is 2.32. The molecule has 0 radical (unpaired) electrons. The third-order valence-electron chi connectivity index (χ3n) is 6.70. The fourth-order valence-electron chi connectivity index (χ4n) is 4.50. The highest BCUT2D eigenvalue weighted by atomic mass is 16.5. The number of anilines is 2. The number of nitrogens with zero attached hydrogens (tertiary/aromatic N) is 2. The van der Waals surface area contributed by atoms with E-state index in [0.29, 0.717) is 24.2 Å². The quantitative estimate of drug-likeness (QED) is 0.492. The molecule has 2 aliphatic heterocycles. The van der Waals surface area contributed by atoms with Gasteiger partial charge in [-0.25, -0.2) is 0 Å². The molecule has 0 saturated carbocycles. The average molecular weight is 459 g/mol. The van der Waals surface area contributed by atoms with Crippen molar-refractivity contribution < 1.29 is 14.3 Å². The van der Waals surface area contributed by atoms with Gasteiger partial charge in [-0.2, -0.15) is 0 Å². The number of hydrogen-bond acceptors (Lipinski definition) is 5. The van der Waals surface area contributed by atoms with Crippen molar-refractivity contribution >= 4 is 23.2 Å². The first kappa shape index (κ1) is 25.5. The molecule has 0 bridgehead atoms. The lowest BCUT2D eigenvalue weighted by atomic mass is 9.97. The van der Waals surface area contributed by atoms with Gasteiger partial charge >= 0.3 is 0 Å². The molecule has 2 amide bonds. The summed E-state index contributed by atoms with van der Waals surface area (Å²) in [6.07, 6.45) is 6.74. The van der Waals surface area contributed by atoms with Crippen LogP contribution in [0, 0.1) is 5.92 Å². The molecule has 0 atom stereocenters. The number of amides is 2. The van der Waals surface area contributed by atoms with Gasteiger partial charge in [0.2, 0.25) is 5.91 Å². The summed E-state index contributed by atoms with van der Waals surface area (Å²) in [4.78, 5) is 30.2. The number of carbonyl (C=O) groups is 2. The Balaban J connectivity index is 1.62. The molecule has 0 spiro atoms. The van der Waals surface area contributed by atoms with Gasteiger partial charge in [0.05, 0.1) is 18.8 Å². The van der Waals surface area contributed by atoms with E-state index >= 15 is 0 Å². The Bertz CT molecular complexity index is 756. The smallest absolute Gasteiger partial charge is 0.253 e. The summed E-state index contributed by atoms with van der Waals surface area (Å²) in [7, 11) is 0. The molecule has 2 fully saturated rings. The number of hydrogen-bond donors (Lipinski definition) is 2. The minimum Gasteiger partial charge on any atom is -0.379 e. The Hall–Kier alpha value is -2.12. The third-order valence-corrected chi connectivity index (χ3v) is 6.70. The van der Waals surface area contributed by atoms with Crippen molar-refractivity contribution in [1.82, 2.24) is 10.2 Å². The maximum atomic E-state index is 13.2. The first-order valence-corrected chi connectivity index (χ1v) is 12.8. The molecule has 7 nitrogen and oxygen atoms in total.